The molecule has 0 unspecified atom stereocenters. The van der Waals surface area contributed by atoms with Gasteiger partial charge in [-0.3, -0.25) is 28.9 Å². The summed E-state index contributed by atoms with van der Waals surface area (Å²) in [6.07, 6.45) is -13.5. The number of rotatable bonds is 18. The summed E-state index contributed by atoms with van der Waals surface area (Å²) in [4.78, 5) is 79.2. The van der Waals surface area contributed by atoms with Crippen molar-refractivity contribution in [3.8, 4) is 0 Å². The monoisotopic (exact) mass is 737 g/mol. The van der Waals surface area contributed by atoms with E-state index >= 15 is 0 Å². The molecule has 0 aromatic rings. The topological polar surface area (TPSA) is 313 Å². The lowest BCUT2D eigenvalue weighted by atomic mass is 10.0. The quantitative estimate of drug-likeness (QED) is 0.0466. The van der Waals surface area contributed by atoms with Crippen LogP contribution in [0.3, 0.4) is 0 Å². The molecule has 0 bridgehead atoms. The highest BCUT2D eigenvalue weighted by atomic mass is 16.7. The maximum Gasteiger partial charge on any atom is 0.334 e. The summed E-state index contributed by atoms with van der Waals surface area (Å²) in [6.45, 7) is 0.697. The van der Waals surface area contributed by atoms with Crippen molar-refractivity contribution in [2.75, 3.05) is 52.5 Å². The third-order valence-corrected chi connectivity index (χ3v) is 7.98. The standard InChI is InChI=1S/C29H47N5O17/c1-14-22(41)24(43)26(45)28(49-14)47-9-7-31-17(36)12-33(11-16(35)30-6-5-21(40)51-34-19(38)3-4-20(34)39)13-18(37)32-8-10-48-29-27(46)25(44)23(42)15(2)50-29/h14-15,22-29,41-46H,3-13H2,1-2H3,(H,30,35)(H,31,36)(H,32,37)/t14-,15-,22+,23+,24+,25+,26-,27-,28+,29+/m0/s1. The molecule has 0 aliphatic carbocycles. The molecular formula is C29H47N5O17. The zero-order chi connectivity index (χ0) is 37.8. The molecule has 0 spiro atoms. The second kappa shape index (κ2) is 20.0. The number of hydrogen-bond acceptors (Lipinski definition) is 18. The van der Waals surface area contributed by atoms with Gasteiger partial charge < -0.3 is 70.4 Å². The van der Waals surface area contributed by atoms with Crippen LogP contribution in [0.5, 0.6) is 0 Å². The number of hydroxylamine groups is 2. The molecule has 0 aromatic carbocycles. The summed E-state index contributed by atoms with van der Waals surface area (Å²) in [5, 5.41) is 67.3. The minimum atomic E-state index is -1.54. The van der Waals surface area contributed by atoms with E-state index in [1.807, 2.05) is 0 Å². The molecule has 3 saturated heterocycles. The smallest absolute Gasteiger partial charge is 0.334 e. The average molecular weight is 738 g/mol. The molecule has 5 amide bonds. The maximum absolute atomic E-state index is 12.7. The van der Waals surface area contributed by atoms with Gasteiger partial charge in [0.25, 0.3) is 11.8 Å². The Morgan fingerprint density at radius 2 is 1.06 bits per heavy atom. The number of carbonyl (C=O) groups excluding carboxylic acids is 6. The van der Waals surface area contributed by atoms with Crippen molar-refractivity contribution in [3.63, 3.8) is 0 Å². The summed E-state index contributed by atoms with van der Waals surface area (Å²) in [6, 6.07) is 0. The van der Waals surface area contributed by atoms with Gasteiger partial charge in [0.05, 0.1) is 51.5 Å². The maximum atomic E-state index is 12.7. The first-order valence-electron chi connectivity index (χ1n) is 16.3. The number of aliphatic hydroxyl groups excluding tert-OH is 6. The third-order valence-electron chi connectivity index (χ3n) is 7.98. The van der Waals surface area contributed by atoms with Crippen molar-refractivity contribution in [2.24, 2.45) is 0 Å². The van der Waals surface area contributed by atoms with Gasteiger partial charge in [0.1, 0.15) is 36.6 Å². The highest BCUT2D eigenvalue weighted by Crippen LogP contribution is 2.22. The largest absolute Gasteiger partial charge is 0.388 e. The van der Waals surface area contributed by atoms with Crippen LogP contribution in [0, 0.1) is 0 Å². The predicted octanol–water partition coefficient (Wildman–Crippen LogP) is -6.68. The van der Waals surface area contributed by atoms with Crippen LogP contribution < -0.4 is 16.0 Å². The second-order valence-electron chi connectivity index (χ2n) is 12.1. The van der Waals surface area contributed by atoms with E-state index in [-0.39, 0.29) is 45.7 Å². The first-order chi connectivity index (χ1) is 24.1. The number of imide groups is 1. The number of amides is 5. The van der Waals surface area contributed by atoms with Crippen LogP contribution in [0.4, 0.5) is 0 Å². The van der Waals surface area contributed by atoms with Crippen molar-refractivity contribution >= 4 is 35.5 Å². The number of ether oxygens (including phenoxy) is 4. The number of carbonyl (C=O) groups is 6. The zero-order valence-corrected chi connectivity index (χ0v) is 28.1. The summed E-state index contributed by atoms with van der Waals surface area (Å²) >= 11 is 0. The summed E-state index contributed by atoms with van der Waals surface area (Å²) in [5.74, 6) is -4.25. The molecule has 0 radical (unpaired) electrons. The minimum Gasteiger partial charge on any atom is -0.388 e. The van der Waals surface area contributed by atoms with Crippen LogP contribution in [0.2, 0.25) is 0 Å². The normalized spacial score (nSPS) is 31.0. The Labute approximate surface area is 291 Å². The molecule has 0 saturated carbocycles. The lowest BCUT2D eigenvalue weighted by Gasteiger charge is -2.38. The molecule has 290 valence electrons. The lowest BCUT2D eigenvalue weighted by molar-refractivity contribution is -0.292. The van der Waals surface area contributed by atoms with Gasteiger partial charge in [-0.2, -0.15) is 0 Å². The van der Waals surface area contributed by atoms with E-state index in [0.717, 1.165) is 0 Å². The average Bonchev–Trinajstić information content (AvgIpc) is 3.39. The highest BCUT2D eigenvalue weighted by Gasteiger charge is 2.43. The third kappa shape index (κ3) is 12.6. The number of nitrogens with one attached hydrogen (secondary N) is 3. The lowest BCUT2D eigenvalue weighted by Crippen LogP contribution is -2.57. The van der Waals surface area contributed by atoms with Gasteiger partial charge in [-0.15, -0.1) is 5.06 Å². The fourth-order valence-electron chi connectivity index (χ4n) is 5.09. The molecule has 22 nitrogen and oxygen atoms in total. The Morgan fingerprint density at radius 1 is 0.667 bits per heavy atom. The highest BCUT2D eigenvalue weighted by molar-refractivity contribution is 6.01. The van der Waals surface area contributed by atoms with Crippen molar-refractivity contribution in [1.29, 1.82) is 0 Å². The van der Waals surface area contributed by atoms with Crippen LogP contribution in [-0.2, 0) is 52.6 Å². The first-order valence-corrected chi connectivity index (χ1v) is 16.3. The van der Waals surface area contributed by atoms with Gasteiger partial charge in [0.15, 0.2) is 12.6 Å². The van der Waals surface area contributed by atoms with E-state index in [1.54, 1.807) is 0 Å². The summed E-state index contributed by atoms with van der Waals surface area (Å²) in [5.41, 5.74) is 0. The molecule has 22 heteroatoms. The molecule has 3 heterocycles. The van der Waals surface area contributed by atoms with Gasteiger partial charge in [0.2, 0.25) is 17.7 Å². The first kappa shape index (κ1) is 42.0. The van der Waals surface area contributed by atoms with Crippen molar-refractivity contribution < 1.29 is 83.2 Å². The fraction of sp³-hybridized carbons (Fsp3) is 0.793. The summed E-state index contributed by atoms with van der Waals surface area (Å²) in [7, 11) is 0. The van der Waals surface area contributed by atoms with E-state index in [0.29, 0.717) is 5.06 Å². The second-order valence-corrected chi connectivity index (χ2v) is 12.1. The zero-order valence-electron chi connectivity index (χ0n) is 28.1. The molecule has 3 aliphatic rings. The van der Waals surface area contributed by atoms with Gasteiger partial charge in [-0.25, -0.2) is 4.79 Å². The van der Waals surface area contributed by atoms with Crippen molar-refractivity contribution in [2.45, 2.75) is 94.5 Å². The van der Waals surface area contributed by atoms with Gasteiger partial charge in [-0.1, -0.05) is 0 Å². The number of nitrogens with zero attached hydrogens (tertiary/aromatic N) is 2. The number of aliphatic hydroxyl groups is 6. The summed E-state index contributed by atoms with van der Waals surface area (Å²) < 4.78 is 21.4. The molecule has 51 heavy (non-hydrogen) atoms. The molecule has 9 N–H and O–H groups in total. The van der Waals surface area contributed by atoms with Crippen LogP contribution in [-0.4, -0.2) is 190 Å². The van der Waals surface area contributed by atoms with Crippen LogP contribution in [0.15, 0.2) is 0 Å². The SMILES string of the molecule is C[C@@H]1O[C@@H](OCCNC(=O)CN(CC(=O)NCCO[C@@H]2O[C@@H](C)[C@@H](O)[C@@H](O)[C@@H]2O)CC(=O)NCCC(=O)ON2C(=O)CCC2=O)[C@@H](O)[C@H](O)[C@@H]1O. The Bertz CT molecular complexity index is 1160. The van der Waals surface area contributed by atoms with Gasteiger partial charge in [0, 0.05) is 32.5 Å². The molecule has 3 aliphatic heterocycles. The molecule has 0 aromatic heterocycles. The Balaban J connectivity index is 1.46. The van der Waals surface area contributed by atoms with E-state index in [1.165, 1.54) is 18.7 Å². The van der Waals surface area contributed by atoms with Gasteiger partial charge >= 0.3 is 5.97 Å². The minimum absolute atomic E-state index is 0.0845. The van der Waals surface area contributed by atoms with Gasteiger partial charge in [-0.05, 0) is 13.8 Å². The van der Waals surface area contributed by atoms with Crippen molar-refractivity contribution in [3.05, 3.63) is 0 Å². The van der Waals surface area contributed by atoms with Crippen LogP contribution in [0.1, 0.15) is 33.1 Å². The number of hydrogen-bond donors (Lipinski definition) is 9. The Hall–Kier alpha value is -3.42. The molecular weight excluding hydrogens is 690 g/mol. The predicted molar refractivity (Wildman–Crippen MR) is 164 cm³/mol. The van der Waals surface area contributed by atoms with Crippen LogP contribution in [0.25, 0.3) is 0 Å². The fourth-order valence-corrected chi connectivity index (χ4v) is 5.09. The van der Waals surface area contributed by atoms with Crippen molar-refractivity contribution in [1.82, 2.24) is 25.9 Å². The molecule has 10 atom stereocenters. The van der Waals surface area contributed by atoms with E-state index in [2.05, 4.69) is 16.0 Å². The van der Waals surface area contributed by atoms with E-state index in [9.17, 15) is 59.4 Å². The van der Waals surface area contributed by atoms with Crippen LogP contribution >= 0.6 is 0 Å². The van der Waals surface area contributed by atoms with E-state index < -0.39 is 123 Å². The molecule has 3 fully saturated rings. The Kier molecular flexibility index (Phi) is 16.5. The van der Waals surface area contributed by atoms with E-state index in [4.69, 9.17) is 23.8 Å². The molecule has 3 rings (SSSR count). The Morgan fingerprint density at radius 3 is 1.47 bits per heavy atom.